The predicted molar refractivity (Wildman–Crippen MR) is 106 cm³/mol. The summed E-state index contributed by atoms with van der Waals surface area (Å²) in [6.07, 6.45) is 0.872. The Morgan fingerprint density at radius 1 is 1.07 bits per heavy atom. The molecule has 0 bridgehead atoms. The number of likely N-dealkylation sites (N-methyl/N-ethyl adjacent to an activating group) is 1. The summed E-state index contributed by atoms with van der Waals surface area (Å²) in [4.78, 5) is 27.5. The van der Waals surface area contributed by atoms with E-state index in [9.17, 15) is 9.59 Å². The average Bonchev–Trinajstić information content (AvgIpc) is 3.09. The highest BCUT2D eigenvalue weighted by atomic mass is 35.5. The highest BCUT2D eigenvalue weighted by Gasteiger charge is 2.15. The van der Waals surface area contributed by atoms with Crippen LogP contribution in [-0.2, 0) is 16.1 Å². The quantitative estimate of drug-likeness (QED) is 0.713. The van der Waals surface area contributed by atoms with E-state index < -0.39 is 0 Å². The van der Waals surface area contributed by atoms with Gasteiger partial charge in [0.2, 0.25) is 11.8 Å². The van der Waals surface area contributed by atoms with Crippen molar-refractivity contribution >= 4 is 23.4 Å². The van der Waals surface area contributed by atoms with Crippen molar-refractivity contribution in [3.05, 3.63) is 47.2 Å². The Bertz CT molecular complexity index is 756. The van der Waals surface area contributed by atoms with Gasteiger partial charge in [-0.3, -0.25) is 14.5 Å². The van der Waals surface area contributed by atoms with Crippen LogP contribution in [0.5, 0.6) is 0 Å². The monoisotopic (exact) mass is 391 g/mol. The van der Waals surface area contributed by atoms with Crippen LogP contribution in [-0.4, -0.2) is 55.3 Å². The number of furan rings is 1. The van der Waals surface area contributed by atoms with Gasteiger partial charge in [-0.15, -0.1) is 0 Å². The number of halogens is 1. The van der Waals surface area contributed by atoms with Crippen LogP contribution in [0.15, 0.2) is 40.8 Å². The van der Waals surface area contributed by atoms with Gasteiger partial charge in [0.15, 0.2) is 0 Å². The normalized spacial score (nSPS) is 10.9. The Balaban J connectivity index is 1.87. The number of nitrogens with zero attached hydrogens (tertiary/aromatic N) is 2. The second kappa shape index (κ2) is 10.1. The van der Waals surface area contributed by atoms with E-state index >= 15 is 0 Å². The van der Waals surface area contributed by atoms with Crippen molar-refractivity contribution < 1.29 is 14.0 Å². The summed E-state index contributed by atoms with van der Waals surface area (Å²) in [5.74, 6) is 1.23. The first-order chi connectivity index (χ1) is 12.9. The van der Waals surface area contributed by atoms with Gasteiger partial charge in [0.05, 0.1) is 19.6 Å². The van der Waals surface area contributed by atoms with Gasteiger partial charge < -0.3 is 14.6 Å². The molecule has 0 spiro atoms. The average molecular weight is 392 g/mol. The molecule has 146 valence electrons. The van der Waals surface area contributed by atoms with E-state index in [0.717, 1.165) is 17.7 Å². The lowest BCUT2D eigenvalue weighted by Gasteiger charge is -2.22. The van der Waals surface area contributed by atoms with Crippen LogP contribution >= 0.6 is 11.6 Å². The maximum absolute atomic E-state index is 12.2. The minimum absolute atomic E-state index is 0.0186. The van der Waals surface area contributed by atoms with Gasteiger partial charge >= 0.3 is 0 Å². The van der Waals surface area contributed by atoms with Crippen LogP contribution in [0.2, 0.25) is 5.02 Å². The second-order valence-corrected chi connectivity index (χ2v) is 6.98. The minimum atomic E-state index is -0.139. The summed E-state index contributed by atoms with van der Waals surface area (Å²) in [7, 11) is 3.42. The highest BCUT2D eigenvalue weighted by molar-refractivity contribution is 6.30. The first kappa shape index (κ1) is 21.0. The molecule has 0 saturated carbocycles. The predicted octanol–water partition coefficient (Wildman–Crippen LogP) is 3.02. The maximum atomic E-state index is 12.2. The zero-order valence-electron chi connectivity index (χ0n) is 16.0. The van der Waals surface area contributed by atoms with Gasteiger partial charge in [-0.1, -0.05) is 18.5 Å². The van der Waals surface area contributed by atoms with Crippen molar-refractivity contribution in [2.45, 2.75) is 19.9 Å². The summed E-state index contributed by atoms with van der Waals surface area (Å²) >= 11 is 5.90. The van der Waals surface area contributed by atoms with Crippen molar-refractivity contribution in [1.82, 2.24) is 15.1 Å². The van der Waals surface area contributed by atoms with E-state index in [1.54, 1.807) is 26.2 Å². The molecule has 2 amide bonds. The fourth-order valence-corrected chi connectivity index (χ4v) is 2.68. The molecule has 0 aliphatic heterocycles. The first-order valence-corrected chi connectivity index (χ1v) is 9.30. The molecule has 27 heavy (non-hydrogen) atoms. The number of benzene rings is 1. The second-order valence-electron chi connectivity index (χ2n) is 6.55. The Morgan fingerprint density at radius 3 is 2.41 bits per heavy atom. The summed E-state index contributed by atoms with van der Waals surface area (Å²) in [5, 5.41) is 3.51. The van der Waals surface area contributed by atoms with Gasteiger partial charge in [-0.2, -0.15) is 0 Å². The molecule has 1 N–H and O–H groups in total. The molecule has 1 aromatic heterocycles. The number of amides is 2. The van der Waals surface area contributed by atoms with E-state index in [4.69, 9.17) is 16.0 Å². The molecule has 0 saturated heterocycles. The third-order valence-corrected chi connectivity index (χ3v) is 4.27. The van der Waals surface area contributed by atoms with Crippen molar-refractivity contribution in [3.8, 4) is 11.3 Å². The van der Waals surface area contributed by atoms with Crippen LogP contribution in [0.3, 0.4) is 0 Å². The van der Waals surface area contributed by atoms with E-state index in [1.807, 2.05) is 36.1 Å². The topological polar surface area (TPSA) is 65.8 Å². The number of nitrogens with one attached hydrogen (secondary N) is 1. The molecule has 6 nitrogen and oxygen atoms in total. The van der Waals surface area contributed by atoms with Crippen LogP contribution in [0.25, 0.3) is 11.3 Å². The van der Waals surface area contributed by atoms with Gasteiger partial charge in [0, 0.05) is 24.7 Å². The van der Waals surface area contributed by atoms with E-state index in [-0.39, 0.29) is 24.9 Å². The highest BCUT2D eigenvalue weighted by Crippen LogP contribution is 2.23. The molecule has 0 radical (unpaired) electrons. The van der Waals surface area contributed by atoms with E-state index in [2.05, 4.69) is 5.32 Å². The number of rotatable bonds is 9. The zero-order chi connectivity index (χ0) is 19.8. The molecule has 0 aliphatic rings. The molecule has 0 unspecified atom stereocenters. The molecular weight excluding hydrogens is 366 g/mol. The van der Waals surface area contributed by atoms with E-state index in [1.165, 1.54) is 4.90 Å². The Hall–Kier alpha value is -2.31. The van der Waals surface area contributed by atoms with Crippen LogP contribution < -0.4 is 5.32 Å². The molecule has 1 aromatic carbocycles. The largest absolute Gasteiger partial charge is 0.459 e. The van der Waals surface area contributed by atoms with Crippen LogP contribution in [0.1, 0.15) is 19.1 Å². The smallest absolute Gasteiger partial charge is 0.236 e. The summed E-state index contributed by atoms with van der Waals surface area (Å²) < 4.78 is 5.78. The number of hydrogen-bond acceptors (Lipinski definition) is 4. The van der Waals surface area contributed by atoms with Gasteiger partial charge in [0.25, 0.3) is 0 Å². The summed E-state index contributed by atoms with van der Waals surface area (Å²) in [6, 6.07) is 11.1. The third kappa shape index (κ3) is 6.73. The van der Waals surface area contributed by atoms with Crippen molar-refractivity contribution in [3.63, 3.8) is 0 Å². The van der Waals surface area contributed by atoms with Crippen LogP contribution in [0, 0.1) is 0 Å². The van der Waals surface area contributed by atoms with Gasteiger partial charge in [-0.25, -0.2) is 0 Å². The lowest BCUT2D eigenvalue weighted by Crippen LogP contribution is -2.42. The zero-order valence-corrected chi connectivity index (χ0v) is 16.8. The molecule has 0 fully saturated rings. The maximum Gasteiger partial charge on any atom is 0.236 e. The molecular formula is C20H26ClN3O3. The summed E-state index contributed by atoms with van der Waals surface area (Å²) in [6.45, 7) is 3.42. The summed E-state index contributed by atoms with van der Waals surface area (Å²) in [5.41, 5.74) is 0.924. The number of hydrogen-bond donors (Lipinski definition) is 1. The molecule has 0 aliphatic carbocycles. The number of carbonyl (C=O) groups excluding carboxylic acids is 2. The van der Waals surface area contributed by atoms with Crippen molar-refractivity contribution in [2.24, 2.45) is 0 Å². The lowest BCUT2D eigenvalue weighted by molar-refractivity contribution is -0.130. The van der Waals surface area contributed by atoms with Crippen molar-refractivity contribution in [1.29, 1.82) is 0 Å². The molecule has 0 atom stereocenters. The molecule has 1 heterocycles. The third-order valence-electron chi connectivity index (χ3n) is 4.01. The Labute approximate surface area is 165 Å². The fraction of sp³-hybridized carbons (Fsp3) is 0.400. The van der Waals surface area contributed by atoms with Gasteiger partial charge in [0.1, 0.15) is 11.5 Å². The minimum Gasteiger partial charge on any atom is -0.459 e. The first-order valence-electron chi connectivity index (χ1n) is 8.93. The van der Waals surface area contributed by atoms with Gasteiger partial charge in [-0.05, 0) is 49.4 Å². The SMILES string of the molecule is CCCN(CC(=O)NCc1ccc(-c2ccc(Cl)cc2)o1)CC(=O)N(C)C. The molecule has 2 rings (SSSR count). The Kier molecular flexibility index (Phi) is 7.88. The van der Waals surface area contributed by atoms with E-state index in [0.29, 0.717) is 23.9 Å². The fourth-order valence-electron chi connectivity index (χ4n) is 2.55. The number of carbonyl (C=O) groups is 2. The van der Waals surface area contributed by atoms with Crippen molar-refractivity contribution in [2.75, 3.05) is 33.7 Å². The standard InChI is InChI=1S/C20H26ClN3O3/c1-4-11-24(14-20(26)23(2)3)13-19(25)22-12-17-9-10-18(27-17)15-5-7-16(21)8-6-15/h5-10H,4,11-14H2,1-3H3,(H,22,25). The lowest BCUT2D eigenvalue weighted by atomic mass is 10.2. The molecule has 2 aromatic rings. The Morgan fingerprint density at radius 2 is 1.78 bits per heavy atom. The van der Waals surface area contributed by atoms with Crippen LogP contribution in [0.4, 0.5) is 0 Å². The molecule has 7 heteroatoms.